The smallest absolute Gasteiger partial charge is 0.260 e. The van der Waals surface area contributed by atoms with Gasteiger partial charge in [-0.2, -0.15) is 0 Å². The van der Waals surface area contributed by atoms with Gasteiger partial charge in [0.1, 0.15) is 10.7 Å². The molecule has 0 saturated heterocycles. The van der Waals surface area contributed by atoms with Gasteiger partial charge in [0.25, 0.3) is 5.91 Å². The molecule has 0 spiro atoms. The van der Waals surface area contributed by atoms with Gasteiger partial charge >= 0.3 is 0 Å². The Labute approximate surface area is 113 Å². The molecule has 5 heteroatoms. The monoisotopic (exact) mass is 266 g/mol. The number of ether oxygens (including phenoxy) is 1. The molecule has 98 valence electrons. The lowest BCUT2D eigenvalue weighted by Crippen LogP contribution is -2.36. The molecule has 1 aromatic carbocycles. The van der Waals surface area contributed by atoms with Crippen LogP contribution in [0, 0.1) is 0 Å². The molecule has 1 unspecified atom stereocenters. The highest BCUT2D eigenvalue weighted by atomic mass is 32.1. The van der Waals surface area contributed by atoms with E-state index < -0.39 is 6.10 Å². The maximum atomic E-state index is 11.6. The Balaban J connectivity index is 2.56. The molecule has 4 nitrogen and oxygen atoms in total. The van der Waals surface area contributed by atoms with Crippen molar-refractivity contribution in [2.45, 2.75) is 26.4 Å². The average Bonchev–Trinajstić information content (AvgIpc) is 2.36. The minimum atomic E-state index is -0.521. The lowest BCUT2D eigenvalue weighted by molar-refractivity contribution is -0.127. The first-order valence-electron chi connectivity index (χ1n) is 5.88. The summed E-state index contributed by atoms with van der Waals surface area (Å²) in [6.45, 7) is 4.37. The predicted molar refractivity (Wildman–Crippen MR) is 75.7 cm³/mol. The predicted octanol–water partition coefficient (Wildman–Crippen LogP) is 1.61. The molecule has 1 atom stereocenters. The van der Waals surface area contributed by atoms with E-state index in [1.165, 1.54) is 0 Å². The molecule has 0 aliphatic rings. The lowest BCUT2D eigenvalue weighted by Gasteiger charge is -2.14. The first-order valence-corrected chi connectivity index (χ1v) is 6.29. The second-order valence-electron chi connectivity index (χ2n) is 3.94. The zero-order valence-electron chi connectivity index (χ0n) is 10.6. The Bertz CT molecular complexity index is 418. The summed E-state index contributed by atoms with van der Waals surface area (Å²) in [6.07, 6.45) is 0.383. The number of amides is 1. The minimum Gasteiger partial charge on any atom is -0.481 e. The Morgan fingerprint density at radius 3 is 2.56 bits per heavy atom. The first-order chi connectivity index (χ1) is 8.54. The van der Waals surface area contributed by atoms with Crippen LogP contribution in [-0.2, 0) is 4.79 Å². The van der Waals surface area contributed by atoms with Crippen LogP contribution in [0.15, 0.2) is 24.3 Å². The van der Waals surface area contributed by atoms with E-state index in [0.29, 0.717) is 17.3 Å². The van der Waals surface area contributed by atoms with E-state index in [1.807, 2.05) is 6.92 Å². The van der Waals surface area contributed by atoms with Crippen LogP contribution in [-0.4, -0.2) is 23.5 Å². The van der Waals surface area contributed by atoms with Crippen molar-refractivity contribution < 1.29 is 9.53 Å². The van der Waals surface area contributed by atoms with E-state index >= 15 is 0 Å². The number of benzene rings is 1. The first kappa shape index (κ1) is 14.4. The van der Waals surface area contributed by atoms with E-state index in [2.05, 4.69) is 5.32 Å². The number of hydrogen-bond acceptors (Lipinski definition) is 3. The number of hydrogen-bond donors (Lipinski definition) is 2. The van der Waals surface area contributed by atoms with Crippen molar-refractivity contribution in [3.63, 3.8) is 0 Å². The van der Waals surface area contributed by atoms with Gasteiger partial charge in [0.05, 0.1) is 0 Å². The van der Waals surface area contributed by atoms with E-state index in [-0.39, 0.29) is 5.91 Å². The highest BCUT2D eigenvalue weighted by Crippen LogP contribution is 2.13. The van der Waals surface area contributed by atoms with Crippen molar-refractivity contribution in [3.05, 3.63) is 29.8 Å². The van der Waals surface area contributed by atoms with Crippen LogP contribution in [0.4, 0.5) is 0 Å². The van der Waals surface area contributed by atoms with Crippen LogP contribution in [0.2, 0.25) is 0 Å². The fraction of sp³-hybridized carbons (Fsp3) is 0.385. The summed E-state index contributed by atoms with van der Waals surface area (Å²) in [5, 5.41) is 2.78. The van der Waals surface area contributed by atoms with Crippen LogP contribution < -0.4 is 15.8 Å². The van der Waals surface area contributed by atoms with Gasteiger partial charge in [0.2, 0.25) is 0 Å². The summed E-state index contributed by atoms with van der Waals surface area (Å²) in [6, 6.07) is 7.04. The Hall–Kier alpha value is -1.62. The second kappa shape index (κ2) is 6.96. The Morgan fingerprint density at radius 2 is 2.06 bits per heavy atom. The number of nitrogens with one attached hydrogen (secondary N) is 1. The summed E-state index contributed by atoms with van der Waals surface area (Å²) in [5.74, 6) is 0.504. The number of thiocarbonyl (C=S) groups is 1. The molecule has 1 aromatic rings. The van der Waals surface area contributed by atoms with Gasteiger partial charge < -0.3 is 15.8 Å². The fourth-order valence-electron chi connectivity index (χ4n) is 1.35. The van der Waals surface area contributed by atoms with Crippen molar-refractivity contribution in [2.75, 3.05) is 6.54 Å². The molecule has 0 aliphatic carbocycles. The summed E-state index contributed by atoms with van der Waals surface area (Å²) >= 11 is 4.86. The summed E-state index contributed by atoms with van der Waals surface area (Å²) in [4.78, 5) is 11.9. The minimum absolute atomic E-state index is 0.115. The van der Waals surface area contributed by atoms with E-state index in [0.717, 1.165) is 12.0 Å². The molecule has 0 bridgehead atoms. The summed E-state index contributed by atoms with van der Waals surface area (Å²) in [5.41, 5.74) is 6.27. The number of nitrogens with two attached hydrogens (primary N) is 1. The van der Waals surface area contributed by atoms with Crippen molar-refractivity contribution in [1.29, 1.82) is 0 Å². The zero-order valence-corrected chi connectivity index (χ0v) is 11.4. The third kappa shape index (κ3) is 4.33. The molecule has 0 aromatic heterocycles. The molecule has 0 radical (unpaired) electrons. The van der Waals surface area contributed by atoms with Gasteiger partial charge in [-0.3, -0.25) is 4.79 Å². The van der Waals surface area contributed by atoms with Gasteiger partial charge in [0.15, 0.2) is 6.10 Å². The third-order valence-electron chi connectivity index (χ3n) is 2.37. The average molecular weight is 266 g/mol. The second-order valence-corrected chi connectivity index (χ2v) is 4.38. The molecule has 0 heterocycles. The van der Waals surface area contributed by atoms with Crippen molar-refractivity contribution >= 4 is 23.1 Å². The Morgan fingerprint density at radius 1 is 1.44 bits per heavy atom. The fourth-order valence-corrected chi connectivity index (χ4v) is 1.48. The molecular weight excluding hydrogens is 248 g/mol. The molecule has 0 fully saturated rings. The molecular formula is C13H18N2O2S. The summed E-state index contributed by atoms with van der Waals surface area (Å²) in [7, 11) is 0. The van der Waals surface area contributed by atoms with Gasteiger partial charge in [0, 0.05) is 12.1 Å². The van der Waals surface area contributed by atoms with Crippen LogP contribution in [0.5, 0.6) is 5.75 Å². The maximum Gasteiger partial charge on any atom is 0.260 e. The molecule has 0 saturated carbocycles. The SMILES string of the molecule is CCCNC(=O)C(C)Oc1ccc(C(N)=S)cc1. The molecule has 0 aliphatic heterocycles. The Kier molecular flexibility index (Phi) is 5.58. The van der Waals surface area contributed by atoms with Gasteiger partial charge in [-0.05, 0) is 37.6 Å². The highest BCUT2D eigenvalue weighted by molar-refractivity contribution is 7.80. The van der Waals surface area contributed by atoms with Crippen molar-refractivity contribution in [1.82, 2.24) is 5.32 Å². The quantitative estimate of drug-likeness (QED) is 0.768. The lowest BCUT2D eigenvalue weighted by atomic mass is 10.2. The van der Waals surface area contributed by atoms with Crippen molar-refractivity contribution in [2.24, 2.45) is 5.73 Å². The van der Waals surface area contributed by atoms with Crippen LogP contribution in [0.3, 0.4) is 0 Å². The molecule has 3 N–H and O–H groups in total. The summed E-state index contributed by atoms with van der Waals surface area (Å²) < 4.78 is 5.51. The maximum absolute atomic E-state index is 11.6. The van der Waals surface area contributed by atoms with E-state index in [9.17, 15) is 4.79 Å². The van der Waals surface area contributed by atoms with Crippen LogP contribution >= 0.6 is 12.2 Å². The number of carbonyl (C=O) groups is 1. The topological polar surface area (TPSA) is 64.3 Å². The molecule has 18 heavy (non-hydrogen) atoms. The van der Waals surface area contributed by atoms with Gasteiger partial charge in [-0.25, -0.2) is 0 Å². The normalized spacial score (nSPS) is 11.7. The van der Waals surface area contributed by atoms with Gasteiger partial charge in [-0.1, -0.05) is 19.1 Å². The number of carbonyl (C=O) groups excluding carboxylic acids is 1. The largest absolute Gasteiger partial charge is 0.481 e. The zero-order chi connectivity index (χ0) is 13.5. The standard InChI is InChI=1S/C13H18N2O2S/c1-3-8-15-13(16)9(2)17-11-6-4-10(5-7-11)12(14)18/h4-7,9H,3,8H2,1-2H3,(H2,14,18)(H,15,16). The van der Waals surface area contributed by atoms with E-state index in [1.54, 1.807) is 31.2 Å². The molecule has 1 amide bonds. The van der Waals surface area contributed by atoms with E-state index in [4.69, 9.17) is 22.7 Å². The third-order valence-corrected chi connectivity index (χ3v) is 2.61. The van der Waals surface area contributed by atoms with Crippen LogP contribution in [0.1, 0.15) is 25.8 Å². The van der Waals surface area contributed by atoms with Gasteiger partial charge in [-0.15, -0.1) is 0 Å². The molecule has 1 rings (SSSR count). The highest BCUT2D eigenvalue weighted by Gasteiger charge is 2.13. The van der Waals surface area contributed by atoms with Crippen LogP contribution in [0.25, 0.3) is 0 Å². The number of rotatable bonds is 6. The van der Waals surface area contributed by atoms with Crippen molar-refractivity contribution in [3.8, 4) is 5.75 Å².